The van der Waals surface area contributed by atoms with Gasteiger partial charge in [-0.1, -0.05) is 13.8 Å². The van der Waals surface area contributed by atoms with Crippen LogP contribution in [-0.4, -0.2) is 27.9 Å². The summed E-state index contributed by atoms with van der Waals surface area (Å²) >= 11 is 1.16. The summed E-state index contributed by atoms with van der Waals surface area (Å²) in [6.07, 6.45) is 0. The zero-order valence-corrected chi connectivity index (χ0v) is 12.7. The minimum absolute atomic E-state index is 0.0529. The highest BCUT2D eigenvalue weighted by molar-refractivity contribution is 7.20. The van der Waals surface area contributed by atoms with Crippen LogP contribution in [0.1, 0.15) is 23.5 Å². The first-order chi connectivity index (χ1) is 10.3. The lowest BCUT2D eigenvalue weighted by molar-refractivity contribution is -0.384. The first kappa shape index (κ1) is 15.9. The van der Waals surface area contributed by atoms with Crippen molar-refractivity contribution >= 4 is 39.0 Å². The summed E-state index contributed by atoms with van der Waals surface area (Å²) in [5.74, 6) is -1.85. The average Bonchev–Trinajstić information content (AvgIpc) is 2.86. The first-order valence-corrected chi connectivity index (χ1v) is 7.33. The predicted molar refractivity (Wildman–Crippen MR) is 82.2 cm³/mol. The van der Waals surface area contributed by atoms with Gasteiger partial charge in [0.2, 0.25) is 0 Å². The molecule has 7 nitrogen and oxygen atoms in total. The molecule has 0 saturated heterocycles. The standard InChI is InChI=1S/C14H14N2O5S/c1-7(2)12(14(18)19)15-13(17)11-6-8-5-9(16(20)21)3-4-10(8)22-11/h3-7,12H,1-2H3,(H,15,17)(H,18,19)/t12-/m0/s1. The number of nitro groups is 1. The third-order valence-corrected chi connectivity index (χ3v) is 4.27. The normalized spacial score (nSPS) is 12.3. The number of rotatable bonds is 5. The van der Waals surface area contributed by atoms with Crippen LogP contribution in [0.2, 0.25) is 0 Å². The maximum absolute atomic E-state index is 12.2. The fourth-order valence-electron chi connectivity index (χ4n) is 1.98. The molecule has 0 aliphatic rings. The predicted octanol–water partition coefficient (Wildman–Crippen LogP) is 2.65. The number of amides is 1. The second kappa shape index (κ2) is 6.10. The molecule has 1 aromatic heterocycles. The number of aliphatic carboxylic acids is 1. The van der Waals surface area contributed by atoms with Crippen molar-refractivity contribution in [1.82, 2.24) is 5.32 Å². The summed E-state index contributed by atoms with van der Waals surface area (Å²) in [5.41, 5.74) is -0.0529. The van der Waals surface area contributed by atoms with Gasteiger partial charge in [0.05, 0.1) is 9.80 Å². The number of benzene rings is 1. The maximum Gasteiger partial charge on any atom is 0.326 e. The third-order valence-electron chi connectivity index (χ3n) is 3.15. The highest BCUT2D eigenvalue weighted by atomic mass is 32.1. The Morgan fingerprint density at radius 1 is 1.32 bits per heavy atom. The maximum atomic E-state index is 12.2. The number of nitrogens with zero attached hydrogens (tertiary/aromatic N) is 1. The topological polar surface area (TPSA) is 110 Å². The van der Waals surface area contributed by atoms with Gasteiger partial charge in [-0.2, -0.15) is 0 Å². The highest BCUT2D eigenvalue weighted by Gasteiger charge is 2.24. The van der Waals surface area contributed by atoms with E-state index in [1.807, 2.05) is 0 Å². The minimum atomic E-state index is -1.10. The molecule has 0 aliphatic carbocycles. The zero-order valence-electron chi connectivity index (χ0n) is 11.9. The number of non-ortho nitro benzene ring substituents is 1. The van der Waals surface area contributed by atoms with Gasteiger partial charge in [-0.25, -0.2) is 4.79 Å². The van der Waals surface area contributed by atoms with Crippen LogP contribution in [-0.2, 0) is 4.79 Å². The number of hydrogen-bond acceptors (Lipinski definition) is 5. The van der Waals surface area contributed by atoms with Crippen LogP contribution in [0.15, 0.2) is 24.3 Å². The molecule has 1 aromatic carbocycles. The molecule has 0 unspecified atom stereocenters. The number of nitro benzene ring substituents is 1. The van der Waals surface area contributed by atoms with Crippen molar-refractivity contribution in [3.8, 4) is 0 Å². The number of fused-ring (bicyclic) bond motifs is 1. The summed E-state index contributed by atoms with van der Waals surface area (Å²) in [6, 6.07) is 4.88. The lowest BCUT2D eigenvalue weighted by atomic mass is 10.0. The molecule has 0 spiro atoms. The number of thiophene rings is 1. The Morgan fingerprint density at radius 3 is 2.55 bits per heavy atom. The van der Waals surface area contributed by atoms with Crippen LogP contribution < -0.4 is 5.32 Å². The van der Waals surface area contributed by atoms with E-state index in [9.17, 15) is 19.7 Å². The average molecular weight is 322 g/mol. The van der Waals surface area contributed by atoms with Gasteiger partial charge in [0, 0.05) is 22.2 Å². The molecule has 0 saturated carbocycles. The van der Waals surface area contributed by atoms with Gasteiger partial charge in [-0.05, 0) is 18.1 Å². The van der Waals surface area contributed by atoms with Crippen molar-refractivity contribution in [1.29, 1.82) is 0 Å². The summed E-state index contributed by atoms with van der Waals surface area (Å²) in [5, 5.41) is 22.9. The Balaban J connectivity index is 2.28. The van der Waals surface area contributed by atoms with Gasteiger partial charge < -0.3 is 10.4 Å². The molecule has 0 radical (unpaired) electrons. The van der Waals surface area contributed by atoms with Gasteiger partial charge >= 0.3 is 5.97 Å². The van der Waals surface area contributed by atoms with E-state index in [1.165, 1.54) is 18.2 Å². The molecule has 1 heterocycles. The monoisotopic (exact) mass is 322 g/mol. The van der Waals surface area contributed by atoms with Crippen molar-refractivity contribution in [3.63, 3.8) is 0 Å². The number of carboxylic acid groups (broad SMARTS) is 1. The Hall–Kier alpha value is -2.48. The quantitative estimate of drug-likeness (QED) is 0.649. The molecule has 0 fully saturated rings. The third kappa shape index (κ3) is 3.22. The molecule has 0 aliphatic heterocycles. The Bertz CT molecular complexity index is 753. The van der Waals surface area contributed by atoms with Gasteiger partial charge in [-0.15, -0.1) is 11.3 Å². The van der Waals surface area contributed by atoms with E-state index in [0.717, 1.165) is 16.0 Å². The number of hydrogen-bond donors (Lipinski definition) is 2. The number of nitrogens with one attached hydrogen (secondary N) is 1. The molecule has 2 aromatic rings. The van der Waals surface area contributed by atoms with E-state index >= 15 is 0 Å². The van der Waals surface area contributed by atoms with Crippen LogP contribution in [0.3, 0.4) is 0 Å². The molecule has 22 heavy (non-hydrogen) atoms. The fourth-order valence-corrected chi connectivity index (χ4v) is 2.93. The van der Waals surface area contributed by atoms with E-state index in [-0.39, 0.29) is 11.6 Å². The zero-order chi connectivity index (χ0) is 16.4. The van der Waals surface area contributed by atoms with Crippen LogP contribution in [0.4, 0.5) is 5.69 Å². The van der Waals surface area contributed by atoms with Crippen LogP contribution in [0.5, 0.6) is 0 Å². The Morgan fingerprint density at radius 2 is 2.00 bits per heavy atom. The Labute approximate surface area is 129 Å². The van der Waals surface area contributed by atoms with Crippen molar-refractivity contribution in [3.05, 3.63) is 39.3 Å². The van der Waals surface area contributed by atoms with Crippen molar-refractivity contribution in [2.45, 2.75) is 19.9 Å². The van der Waals surface area contributed by atoms with Crippen LogP contribution in [0.25, 0.3) is 10.1 Å². The molecule has 2 N–H and O–H groups in total. The minimum Gasteiger partial charge on any atom is -0.480 e. The first-order valence-electron chi connectivity index (χ1n) is 6.51. The molecule has 116 valence electrons. The van der Waals surface area contributed by atoms with E-state index in [0.29, 0.717) is 10.3 Å². The summed E-state index contributed by atoms with van der Waals surface area (Å²) in [6.45, 7) is 3.40. The molecular formula is C14H14N2O5S. The largest absolute Gasteiger partial charge is 0.480 e. The van der Waals surface area contributed by atoms with Gasteiger partial charge in [0.25, 0.3) is 11.6 Å². The Kier molecular flexibility index (Phi) is 4.41. The number of carboxylic acids is 1. The van der Waals surface area contributed by atoms with E-state index in [2.05, 4.69) is 5.32 Å². The number of carbonyl (C=O) groups is 2. The van der Waals surface area contributed by atoms with Crippen LogP contribution in [0, 0.1) is 16.0 Å². The SMILES string of the molecule is CC(C)[C@H](NC(=O)c1cc2cc([N+](=O)[O-])ccc2s1)C(=O)O. The van der Waals surface area contributed by atoms with Gasteiger partial charge in [0.1, 0.15) is 6.04 Å². The van der Waals surface area contributed by atoms with E-state index < -0.39 is 22.8 Å². The van der Waals surface area contributed by atoms with Crippen LogP contribution >= 0.6 is 11.3 Å². The summed E-state index contributed by atoms with van der Waals surface area (Å²) in [4.78, 5) is 33.8. The molecule has 1 amide bonds. The van der Waals surface area contributed by atoms with E-state index in [4.69, 9.17) is 5.11 Å². The van der Waals surface area contributed by atoms with Gasteiger partial charge in [-0.3, -0.25) is 14.9 Å². The summed E-state index contributed by atoms with van der Waals surface area (Å²) < 4.78 is 0.729. The lowest BCUT2D eigenvalue weighted by Gasteiger charge is -2.17. The smallest absolute Gasteiger partial charge is 0.326 e. The highest BCUT2D eigenvalue weighted by Crippen LogP contribution is 2.29. The second-order valence-electron chi connectivity index (χ2n) is 5.12. The van der Waals surface area contributed by atoms with Gasteiger partial charge in [0.15, 0.2) is 0 Å². The molecule has 1 atom stereocenters. The molecule has 0 bridgehead atoms. The van der Waals surface area contributed by atoms with E-state index in [1.54, 1.807) is 19.9 Å². The molecular weight excluding hydrogens is 308 g/mol. The number of carbonyl (C=O) groups excluding carboxylic acids is 1. The van der Waals surface area contributed by atoms with Crippen molar-refractivity contribution < 1.29 is 19.6 Å². The second-order valence-corrected chi connectivity index (χ2v) is 6.21. The molecule has 2 rings (SSSR count). The molecule has 8 heteroatoms. The summed E-state index contributed by atoms with van der Waals surface area (Å²) in [7, 11) is 0. The van der Waals surface area contributed by atoms with Crippen molar-refractivity contribution in [2.75, 3.05) is 0 Å². The lowest BCUT2D eigenvalue weighted by Crippen LogP contribution is -2.44. The van der Waals surface area contributed by atoms with Crippen molar-refractivity contribution in [2.24, 2.45) is 5.92 Å². The fraction of sp³-hybridized carbons (Fsp3) is 0.286.